The second-order valence-electron chi connectivity index (χ2n) is 4.77. The topological polar surface area (TPSA) is 22.2 Å². The van der Waals surface area contributed by atoms with Gasteiger partial charge in [-0.2, -0.15) is 0 Å². The molecule has 0 radical (unpaired) electrons. The molecule has 3 nitrogen and oxygen atoms in total. The molecule has 2 aromatic carbocycles. The molecule has 2 heterocycles. The lowest BCUT2D eigenvalue weighted by Gasteiger charge is -2.02. The van der Waals surface area contributed by atoms with Crippen molar-refractivity contribution in [2.75, 3.05) is 0 Å². The van der Waals surface area contributed by atoms with Crippen LogP contribution < -0.4 is 0 Å². The molecule has 0 spiro atoms. The van der Waals surface area contributed by atoms with Crippen LogP contribution in [0.15, 0.2) is 60.9 Å². The van der Waals surface area contributed by atoms with Crippen molar-refractivity contribution >= 4 is 16.8 Å². The molecule has 4 aromatic rings. The molecule has 0 unspecified atom stereocenters. The number of hydrogen-bond donors (Lipinski definition) is 0. The number of aromatic nitrogens is 3. The lowest BCUT2D eigenvalue weighted by Crippen LogP contribution is -1.93. The van der Waals surface area contributed by atoms with Gasteiger partial charge in [0.2, 0.25) is 5.78 Å². The molecule has 19 heavy (non-hydrogen) atoms. The highest BCUT2D eigenvalue weighted by atomic mass is 15.2. The summed E-state index contributed by atoms with van der Waals surface area (Å²) >= 11 is 0. The van der Waals surface area contributed by atoms with Gasteiger partial charge in [0, 0.05) is 18.1 Å². The standard InChI is InChI=1S/C16H13N3/c1-12-6-8-13(9-7-12)18-10-11-19-15-5-3-2-4-14(15)17-16(18)19/h2-11H,1H3. The minimum absolute atomic E-state index is 0.949. The third-order valence-electron chi connectivity index (χ3n) is 3.47. The molecular formula is C16H13N3. The first-order valence-corrected chi connectivity index (χ1v) is 6.34. The van der Waals surface area contributed by atoms with Crippen LogP contribution in [0.5, 0.6) is 0 Å². The highest BCUT2D eigenvalue weighted by molar-refractivity contribution is 5.80. The van der Waals surface area contributed by atoms with Gasteiger partial charge in [-0.25, -0.2) is 4.98 Å². The van der Waals surface area contributed by atoms with E-state index < -0.39 is 0 Å². The molecule has 0 aliphatic heterocycles. The van der Waals surface area contributed by atoms with E-state index in [0.717, 1.165) is 22.5 Å². The molecule has 0 atom stereocenters. The summed E-state index contributed by atoms with van der Waals surface area (Å²) in [6, 6.07) is 16.7. The van der Waals surface area contributed by atoms with Gasteiger partial charge in [0.15, 0.2) is 0 Å². The predicted molar refractivity (Wildman–Crippen MR) is 76.8 cm³/mol. The molecule has 0 aliphatic carbocycles. The van der Waals surface area contributed by atoms with Gasteiger partial charge >= 0.3 is 0 Å². The van der Waals surface area contributed by atoms with Gasteiger partial charge in [-0.3, -0.25) is 8.97 Å². The molecule has 0 amide bonds. The zero-order valence-corrected chi connectivity index (χ0v) is 10.6. The van der Waals surface area contributed by atoms with Crippen LogP contribution in [-0.4, -0.2) is 14.0 Å². The number of aryl methyl sites for hydroxylation is 1. The molecule has 0 saturated carbocycles. The van der Waals surface area contributed by atoms with E-state index in [2.05, 4.69) is 58.6 Å². The van der Waals surface area contributed by atoms with Crippen LogP contribution in [0.25, 0.3) is 22.5 Å². The normalized spacial score (nSPS) is 11.4. The number of benzene rings is 2. The van der Waals surface area contributed by atoms with Gasteiger partial charge in [-0.1, -0.05) is 29.8 Å². The molecule has 0 N–H and O–H groups in total. The van der Waals surface area contributed by atoms with Crippen LogP contribution in [0.4, 0.5) is 0 Å². The van der Waals surface area contributed by atoms with Crippen molar-refractivity contribution in [1.29, 1.82) is 0 Å². The molecule has 3 heteroatoms. The number of fused-ring (bicyclic) bond motifs is 3. The van der Waals surface area contributed by atoms with E-state index in [4.69, 9.17) is 4.98 Å². The Labute approximate surface area is 110 Å². The van der Waals surface area contributed by atoms with Crippen molar-refractivity contribution in [2.24, 2.45) is 0 Å². The van der Waals surface area contributed by atoms with Crippen molar-refractivity contribution in [3.63, 3.8) is 0 Å². The average molecular weight is 247 g/mol. The van der Waals surface area contributed by atoms with Crippen LogP contribution >= 0.6 is 0 Å². The fraction of sp³-hybridized carbons (Fsp3) is 0.0625. The summed E-state index contributed by atoms with van der Waals surface area (Å²) in [5.41, 5.74) is 4.57. The zero-order valence-electron chi connectivity index (χ0n) is 10.6. The zero-order chi connectivity index (χ0) is 12.8. The molecule has 0 bridgehead atoms. The maximum atomic E-state index is 4.70. The number of hydrogen-bond acceptors (Lipinski definition) is 1. The first-order chi connectivity index (χ1) is 9.33. The summed E-state index contributed by atoms with van der Waals surface area (Å²) in [5.74, 6) is 0.949. The van der Waals surface area contributed by atoms with Crippen LogP contribution in [0, 0.1) is 6.92 Å². The van der Waals surface area contributed by atoms with Gasteiger partial charge < -0.3 is 0 Å². The Bertz CT molecular complexity index is 866. The minimum atomic E-state index is 0.949. The molecule has 4 rings (SSSR count). The summed E-state index contributed by atoms with van der Waals surface area (Å²) in [6.45, 7) is 2.10. The number of nitrogens with zero attached hydrogens (tertiary/aromatic N) is 3. The van der Waals surface area contributed by atoms with Crippen LogP contribution in [0.3, 0.4) is 0 Å². The van der Waals surface area contributed by atoms with Gasteiger partial charge in [-0.05, 0) is 31.2 Å². The van der Waals surface area contributed by atoms with Crippen LogP contribution in [0.1, 0.15) is 5.56 Å². The summed E-state index contributed by atoms with van der Waals surface area (Å²) in [6.07, 6.45) is 4.12. The van der Waals surface area contributed by atoms with E-state index in [0.29, 0.717) is 0 Å². The molecular weight excluding hydrogens is 234 g/mol. The Balaban J connectivity index is 2.02. The Hall–Kier alpha value is -2.55. The molecule has 2 aromatic heterocycles. The van der Waals surface area contributed by atoms with Crippen LogP contribution in [-0.2, 0) is 0 Å². The van der Waals surface area contributed by atoms with Crippen molar-refractivity contribution < 1.29 is 0 Å². The highest BCUT2D eigenvalue weighted by Gasteiger charge is 2.08. The fourth-order valence-electron chi connectivity index (χ4n) is 2.46. The SMILES string of the molecule is Cc1ccc(-n2ccn3c4ccccc4nc23)cc1. The quantitative estimate of drug-likeness (QED) is 0.504. The van der Waals surface area contributed by atoms with E-state index in [1.165, 1.54) is 5.56 Å². The average Bonchev–Trinajstić information content (AvgIpc) is 2.98. The summed E-state index contributed by atoms with van der Waals surface area (Å²) in [4.78, 5) is 4.70. The monoisotopic (exact) mass is 247 g/mol. The Morgan fingerprint density at radius 1 is 0.895 bits per heavy atom. The second kappa shape index (κ2) is 3.72. The van der Waals surface area contributed by atoms with E-state index >= 15 is 0 Å². The Morgan fingerprint density at radius 3 is 2.53 bits per heavy atom. The Kier molecular flexibility index (Phi) is 2.03. The fourth-order valence-corrected chi connectivity index (χ4v) is 2.46. The number of para-hydroxylation sites is 2. The summed E-state index contributed by atoms with van der Waals surface area (Å²) in [7, 11) is 0. The minimum Gasteiger partial charge on any atom is -0.286 e. The molecule has 0 aliphatic rings. The Morgan fingerprint density at radius 2 is 1.68 bits per heavy atom. The summed E-state index contributed by atoms with van der Waals surface area (Å²) in [5, 5.41) is 0. The molecule has 0 fully saturated rings. The van der Waals surface area contributed by atoms with E-state index in [9.17, 15) is 0 Å². The first kappa shape index (κ1) is 10.4. The van der Waals surface area contributed by atoms with E-state index in [1.807, 2.05) is 18.2 Å². The maximum absolute atomic E-state index is 4.70. The number of rotatable bonds is 1. The van der Waals surface area contributed by atoms with E-state index in [-0.39, 0.29) is 0 Å². The van der Waals surface area contributed by atoms with Crippen molar-refractivity contribution in [3.8, 4) is 5.69 Å². The molecule has 0 saturated heterocycles. The smallest absolute Gasteiger partial charge is 0.219 e. The van der Waals surface area contributed by atoms with Gasteiger partial charge in [0.1, 0.15) is 0 Å². The van der Waals surface area contributed by atoms with Crippen molar-refractivity contribution in [1.82, 2.24) is 14.0 Å². The highest BCUT2D eigenvalue weighted by Crippen LogP contribution is 2.20. The van der Waals surface area contributed by atoms with Crippen molar-refractivity contribution in [2.45, 2.75) is 6.92 Å². The lowest BCUT2D eigenvalue weighted by atomic mass is 10.2. The maximum Gasteiger partial charge on any atom is 0.219 e. The van der Waals surface area contributed by atoms with Crippen molar-refractivity contribution in [3.05, 3.63) is 66.5 Å². The third-order valence-corrected chi connectivity index (χ3v) is 3.47. The van der Waals surface area contributed by atoms with Gasteiger partial charge in [0.25, 0.3) is 0 Å². The summed E-state index contributed by atoms with van der Waals surface area (Å²) < 4.78 is 4.23. The number of imidazole rings is 2. The predicted octanol–water partition coefficient (Wildman–Crippen LogP) is 3.59. The third kappa shape index (κ3) is 1.48. The van der Waals surface area contributed by atoms with Gasteiger partial charge in [0.05, 0.1) is 11.0 Å². The molecule has 92 valence electrons. The lowest BCUT2D eigenvalue weighted by molar-refractivity contribution is 1.08. The largest absolute Gasteiger partial charge is 0.286 e. The van der Waals surface area contributed by atoms with Gasteiger partial charge in [-0.15, -0.1) is 0 Å². The van der Waals surface area contributed by atoms with E-state index in [1.54, 1.807) is 0 Å². The second-order valence-corrected chi connectivity index (χ2v) is 4.77. The first-order valence-electron chi connectivity index (χ1n) is 6.34. The van der Waals surface area contributed by atoms with Crippen LogP contribution in [0.2, 0.25) is 0 Å².